The molecule has 116 valence electrons. The number of carbonyl (C=O) groups is 1. The van der Waals surface area contributed by atoms with Gasteiger partial charge in [0.05, 0.1) is 13.2 Å². The first-order valence-electron chi connectivity index (χ1n) is 7.26. The van der Waals surface area contributed by atoms with Crippen molar-refractivity contribution >= 4 is 5.91 Å². The van der Waals surface area contributed by atoms with Crippen molar-refractivity contribution in [2.75, 3.05) is 7.11 Å². The van der Waals surface area contributed by atoms with Crippen LogP contribution < -0.4 is 14.8 Å². The van der Waals surface area contributed by atoms with Crippen LogP contribution in [0.4, 0.5) is 0 Å². The molecule has 0 aromatic heterocycles. The Balaban J connectivity index is 1.94. The molecule has 1 unspecified atom stereocenters. The highest BCUT2D eigenvalue weighted by Gasteiger charge is 2.17. The fourth-order valence-electron chi connectivity index (χ4n) is 2.09. The van der Waals surface area contributed by atoms with Crippen molar-refractivity contribution in [1.29, 1.82) is 0 Å². The molecule has 0 aliphatic carbocycles. The number of benzene rings is 2. The molecule has 0 spiro atoms. The van der Waals surface area contributed by atoms with E-state index in [9.17, 15) is 4.79 Å². The van der Waals surface area contributed by atoms with E-state index in [-0.39, 0.29) is 11.9 Å². The van der Waals surface area contributed by atoms with Gasteiger partial charge in [0, 0.05) is 6.07 Å². The maximum absolute atomic E-state index is 12.2. The van der Waals surface area contributed by atoms with Gasteiger partial charge in [-0.25, -0.2) is 0 Å². The van der Waals surface area contributed by atoms with Crippen molar-refractivity contribution in [1.82, 2.24) is 5.32 Å². The molecule has 4 nitrogen and oxygen atoms in total. The van der Waals surface area contributed by atoms with Crippen LogP contribution in [0.1, 0.15) is 25.5 Å². The summed E-state index contributed by atoms with van der Waals surface area (Å²) in [6, 6.07) is 17.0. The number of carbonyl (C=O) groups excluding carboxylic acids is 1. The lowest BCUT2D eigenvalue weighted by atomic mass is 10.1. The lowest BCUT2D eigenvalue weighted by molar-refractivity contribution is -0.127. The first kappa shape index (κ1) is 15.9. The van der Waals surface area contributed by atoms with Gasteiger partial charge in [-0.05, 0) is 31.5 Å². The maximum Gasteiger partial charge on any atom is 0.261 e. The van der Waals surface area contributed by atoms with Crippen molar-refractivity contribution in [2.45, 2.75) is 26.0 Å². The number of nitrogens with one attached hydrogen (secondary N) is 1. The molecule has 0 aliphatic heterocycles. The quantitative estimate of drug-likeness (QED) is 0.890. The van der Waals surface area contributed by atoms with Gasteiger partial charge in [-0.2, -0.15) is 0 Å². The molecule has 1 N–H and O–H groups in total. The van der Waals surface area contributed by atoms with Crippen LogP contribution >= 0.6 is 0 Å². The Labute approximate surface area is 131 Å². The van der Waals surface area contributed by atoms with Crippen molar-refractivity contribution in [3.05, 3.63) is 60.2 Å². The maximum atomic E-state index is 12.2. The molecule has 0 aliphatic rings. The van der Waals surface area contributed by atoms with E-state index in [2.05, 4.69) is 5.32 Å². The largest absolute Gasteiger partial charge is 0.497 e. The Morgan fingerprint density at radius 1 is 1.00 bits per heavy atom. The van der Waals surface area contributed by atoms with Gasteiger partial charge >= 0.3 is 0 Å². The summed E-state index contributed by atoms with van der Waals surface area (Å²) in [5.41, 5.74) is 1.06. The summed E-state index contributed by atoms with van der Waals surface area (Å²) in [4.78, 5) is 12.2. The second-order valence-electron chi connectivity index (χ2n) is 5.08. The fourth-order valence-corrected chi connectivity index (χ4v) is 2.09. The van der Waals surface area contributed by atoms with Crippen LogP contribution in [0.3, 0.4) is 0 Å². The molecule has 0 saturated heterocycles. The molecule has 2 aromatic carbocycles. The molecule has 0 bridgehead atoms. The van der Waals surface area contributed by atoms with Crippen molar-refractivity contribution in [3.8, 4) is 11.5 Å². The molecule has 2 rings (SSSR count). The van der Waals surface area contributed by atoms with E-state index in [0.717, 1.165) is 5.56 Å². The Kier molecular flexibility index (Phi) is 5.42. The SMILES string of the molecule is COc1cccc(OC(C)C(=O)N[C@@H](C)c2ccccc2)c1. The van der Waals surface area contributed by atoms with Crippen LogP contribution in [0.5, 0.6) is 11.5 Å². The smallest absolute Gasteiger partial charge is 0.261 e. The highest BCUT2D eigenvalue weighted by atomic mass is 16.5. The minimum absolute atomic E-state index is 0.0648. The van der Waals surface area contributed by atoms with Crippen LogP contribution in [-0.4, -0.2) is 19.1 Å². The van der Waals surface area contributed by atoms with E-state index in [4.69, 9.17) is 9.47 Å². The first-order chi connectivity index (χ1) is 10.6. The second kappa shape index (κ2) is 7.50. The van der Waals surface area contributed by atoms with Crippen LogP contribution in [0.15, 0.2) is 54.6 Å². The third-order valence-corrected chi connectivity index (χ3v) is 3.38. The number of methoxy groups -OCH3 is 1. The van der Waals surface area contributed by atoms with E-state index in [1.807, 2.05) is 49.4 Å². The molecule has 22 heavy (non-hydrogen) atoms. The molecular weight excluding hydrogens is 278 g/mol. The number of rotatable bonds is 6. The average molecular weight is 299 g/mol. The molecule has 0 heterocycles. The summed E-state index contributed by atoms with van der Waals surface area (Å²) in [5, 5.41) is 2.95. The van der Waals surface area contributed by atoms with Gasteiger partial charge < -0.3 is 14.8 Å². The minimum Gasteiger partial charge on any atom is -0.497 e. The van der Waals surface area contributed by atoms with Gasteiger partial charge in [-0.15, -0.1) is 0 Å². The first-order valence-corrected chi connectivity index (χ1v) is 7.26. The molecule has 4 heteroatoms. The molecule has 2 aromatic rings. The monoisotopic (exact) mass is 299 g/mol. The number of ether oxygens (including phenoxy) is 2. The van der Waals surface area contributed by atoms with E-state index in [1.54, 1.807) is 26.2 Å². The molecule has 2 atom stereocenters. The minimum atomic E-state index is -0.585. The molecule has 0 fully saturated rings. The van der Waals surface area contributed by atoms with Gasteiger partial charge in [0.15, 0.2) is 6.10 Å². The lowest BCUT2D eigenvalue weighted by Crippen LogP contribution is -2.37. The third kappa shape index (κ3) is 4.25. The Bertz CT molecular complexity index is 613. The zero-order valence-corrected chi connectivity index (χ0v) is 13.1. The standard InChI is InChI=1S/C18H21NO3/c1-13(15-8-5-4-6-9-15)19-18(20)14(2)22-17-11-7-10-16(12-17)21-3/h4-14H,1-3H3,(H,19,20)/t13-,14?/m0/s1. The van der Waals surface area contributed by atoms with E-state index in [0.29, 0.717) is 11.5 Å². The summed E-state index contributed by atoms with van der Waals surface area (Å²) < 4.78 is 10.8. The normalized spacial score (nSPS) is 13.0. The van der Waals surface area contributed by atoms with Gasteiger partial charge in [-0.1, -0.05) is 36.4 Å². The number of hydrogen-bond acceptors (Lipinski definition) is 3. The summed E-state index contributed by atoms with van der Waals surface area (Å²) in [5.74, 6) is 1.15. The van der Waals surface area contributed by atoms with E-state index < -0.39 is 6.10 Å². The van der Waals surface area contributed by atoms with Crippen LogP contribution in [0, 0.1) is 0 Å². The third-order valence-electron chi connectivity index (χ3n) is 3.38. The number of hydrogen-bond donors (Lipinski definition) is 1. The van der Waals surface area contributed by atoms with E-state index in [1.165, 1.54) is 0 Å². The van der Waals surface area contributed by atoms with Crippen molar-refractivity contribution in [2.24, 2.45) is 0 Å². The van der Waals surface area contributed by atoms with Crippen molar-refractivity contribution < 1.29 is 14.3 Å². The van der Waals surface area contributed by atoms with Crippen LogP contribution in [0.25, 0.3) is 0 Å². The Hall–Kier alpha value is -2.49. The Morgan fingerprint density at radius 3 is 2.36 bits per heavy atom. The summed E-state index contributed by atoms with van der Waals surface area (Å²) in [6.07, 6.45) is -0.585. The average Bonchev–Trinajstić information content (AvgIpc) is 2.55. The topological polar surface area (TPSA) is 47.6 Å². The molecular formula is C18H21NO3. The predicted molar refractivity (Wildman–Crippen MR) is 86.1 cm³/mol. The highest BCUT2D eigenvalue weighted by Crippen LogP contribution is 2.20. The van der Waals surface area contributed by atoms with Gasteiger partial charge in [0.1, 0.15) is 11.5 Å². The van der Waals surface area contributed by atoms with Crippen LogP contribution in [0.2, 0.25) is 0 Å². The van der Waals surface area contributed by atoms with E-state index >= 15 is 0 Å². The highest BCUT2D eigenvalue weighted by molar-refractivity contribution is 5.81. The zero-order valence-electron chi connectivity index (χ0n) is 13.1. The second-order valence-corrected chi connectivity index (χ2v) is 5.08. The number of amides is 1. The fraction of sp³-hybridized carbons (Fsp3) is 0.278. The zero-order chi connectivity index (χ0) is 15.9. The van der Waals surface area contributed by atoms with Crippen LogP contribution in [-0.2, 0) is 4.79 Å². The molecule has 0 radical (unpaired) electrons. The molecule has 1 amide bonds. The van der Waals surface area contributed by atoms with Gasteiger partial charge in [-0.3, -0.25) is 4.79 Å². The van der Waals surface area contributed by atoms with Gasteiger partial charge in [0.2, 0.25) is 0 Å². The predicted octanol–water partition coefficient (Wildman–Crippen LogP) is 3.34. The lowest BCUT2D eigenvalue weighted by Gasteiger charge is -2.19. The molecule has 0 saturated carbocycles. The van der Waals surface area contributed by atoms with Gasteiger partial charge in [0.25, 0.3) is 5.91 Å². The summed E-state index contributed by atoms with van der Waals surface area (Å²) in [6.45, 7) is 3.68. The van der Waals surface area contributed by atoms with Crippen molar-refractivity contribution in [3.63, 3.8) is 0 Å². The summed E-state index contributed by atoms with van der Waals surface area (Å²) in [7, 11) is 1.59. The summed E-state index contributed by atoms with van der Waals surface area (Å²) >= 11 is 0. The Morgan fingerprint density at radius 2 is 1.68 bits per heavy atom.